The number of rotatable bonds is 9. The Labute approximate surface area is 196 Å². The summed E-state index contributed by atoms with van der Waals surface area (Å²) in [6, 6.07) is 10.9. The standard InChI is InChI=1S/C24H25BrN2O5/c1-5-30-21-12-17(11-19(25)23(21)32-14-22(28)31-6-2)10-18(13-26)24(29)27-20-8-7-15(3)9-16(20)4/h7-12H,5-6,14H2,1-4H3,(H,27,29)/b18-10+. The quantitative estimate of drug-likeness (QED) is 0.297. The van der Waals surface area contributed by atoms with Crippen molar-refractivity contribution in [2.45, 2.75) is 27.7 Å². The van der Waals surface area contributed by atoms with E-state index in [4.69, 9.17) is 14.2 Å². The van der Waals surface area contributed by atoms with Gasteiger partial charge in [-0.15, -0.1) is 0 Å². The lowest BCUT2D eigenvalue weighted by molar-refractivity contribution is -0.145. The fraction of sp³-hybridized carbons (Fsp3) is 0.292. The zero-order chi connectivity index (χ0) is 23.7. The molecule has 2 aromatic carbocycles. The molecular weight excluding hydrogens is 476 g/mol. The maximum absolute atomic E-state index is 12.7. The first-order valence-corrected chi connectivity index (χ1v) is 10.8. The third kappa shape index (κ3) is 6.86. The second kappa shape index (κ2) is 11.9. The highest BCUT2D eigenvalue weighted by atomic mass is 79.9. The number of carbonyl (C=O) groups excluding carboxylic acids is 2. The molecule has 7 nitrogen and oxygen atoms in total. The van der Waals surface area contributed by atoms with Crippen LogP contribution in [0, 0.1) is 25.2 Å². The van der Waals surface area contributed by atoms with E-state index < -0.39 is 11.9 Å². The lowest BCUT2D eigenvalue weighted by Crippen LogP contribution is -2.15. The molecule has 168 valence electrons. The van der Waals surface area contributed by atoms with Gasteiger partial charge in [0.25, 0.3) is 5.91 Å². The van der Waals surface area contributed by atoms with E-state index in [9.17, 15) is 14.9 Å². The van der Waals surface area contributed by atoms with Crippen LogP contribution in [0.4, 0.5) is 5.69 Å². The minimum atomic E-state index is -0.517. The molecule has 0 radical (unpaired) electrons. The third-order valence-corrected chi connectivity index (χ3v) is 4.87. The van der Waals surface area contributed by atoms with Crippen LogP contribution in [0.1, 0.15) is 30.5 Å². The first kappa shape index (κ1) is 25.0. The largest absolute Gasteiger partial charge is 0.490 e. The van der Waals surface area contributed by atoms with Crippen molar-refractivity contribution in [2.75, 3.05) is 25.1 Å². The van der Waals surface area contributed by atoms with Crippen LogP contribution in [0.3, 0.4) is 0 Å². The number of nitrogens with zero attached hydrogens (tertiary/aromatic N) is 1. The Morgan fingerprint density at radius 2 is 1.88 bits per heavy atom. The van der Waals surface area contributed by atoms with Gasteiger partial charge in [-0.2, -0.15) is 5.26 Å². The molecule has 2 aromatic rings. The summed E-state index contributed by atoms with van der Waals surface area (Å²) in [5.41, 5.74) is 3.10. The van der Waals surface area contributed by atoms with Crippen molar-refractivity contribution < 1.29 is 23.8 Å². The molecule has 0 aliphatic heterocycles. The van der Waals surface area contributed by atoms with E-state index in [1.807, 2.05) is 39.0 Å². The van der Waals surface area contributed by atoms with Gasteiger partial charge in [-0.05, 0) is 79.0 Å². The summed E-state index contributed by atoms with van der Waals surface area (Å²) in [4.78, 5) is 24.3. The van der Waals surface area contributed by atoms with Gasteiger partial charge < -0.3 is 19.5 Å². The molecule has 0 bridgehead atoms. The van der Waals surface area contributed by atoms with Gasteiger partial charge in [0, 0.05) is 5.69 Å². The lowest BCUT2D eigenvalue weighted by atomic mass is 10.1. The number of hydrogen-bond acceptors (Lipinski definition) is 6. The van der Waals surface area contributed by atoms with Gasteiger partial charge in [-0.25, -0.2) is 4.79 Å². The molecule has 1 amide bonds. The maximum Gasteiger partial charge on any atom is 0.344 e. The number of hydrogen-bond donors (Lipinski definition) is 1. The highest BCUT2D eigenvalue weighted by Gasteiger charge is 2.16. The second-order valence-corrected chi connectivity index (χ2v) is 7.65. The summed E-state index contributed by atoms with van der Waals surface area (Å²) in [5.74, 6) is -0.323. The second-order valence-electron chi connectivity index (χ2n) is 6.80. The van der Waals surface area contributed by atoms with Crippen molar-refractivity contribution in [1.29, 1.82) is 5.26 Å². The average molecular weight is 501 g/mol. The van der Waals surface area contributed by atoms with E-state index in [1.54, 1.807) is 25.1 Å². The number of amides is 1. The van der Waals surface area contributed by atoms with Crippen LogP contribution >= 0.6 is 15.9 Å². The predicted molar refractivity (Wildman–Crippen MR) is 126 cm³/mol. The molecular formula is C24H25BrN2O5. The maximum atomic E-state index is 12.7. The summed E-state index contributed by atoms with van der Waals surface area (Å²) in [5, 5.41) is 12.3. The number of nitrogens with one attached hydrogen (secondary N) is 1. The Morgan fingerprint density at radius 1 is 1.12 bits per heavy atom. The van der Waals surface area contributed by atoms with Crippen molar-refractivity contribution in [3.63, 3.8) is 0 Å². The summed E-state index contributed by atoms with van der Waals surface area (Å²) < 4.78 is 16.6. The fourth-order valence-electron chi connectivity index (χ4n) is 2.87. The van der Waals surface area contributed by atoms with Gasteiger partial charge in [0.1, 0.15) is 11.6 Å². The van der Waals surface area contributed by atoms with Crippen molar-refractivity contribution in [3.05, 3.63) is 57.1 Å². The van der Waals surface area contributed by atoms with Crippen molar-refractivity contribution in [2.24, 2.45) is 0 Å². The van der Waals surface area contributed by atoms with E-state index in [1.165, 1.54) is 6.08 Å². The topological polar surface area (TPSA) is 97.7 Å². The van der Waals surface area contributed by atoms with Crippen LogP contribution in [-0.2, 0) is 14.3 Å². The van der Waals surface area contributed by atoms with Gasteiger partial charge in [-0.1, -0.05) is 17.7 Å². The van der Waals surface area contributed by atoms with Crippen LogP contribution in [0.2, 0.25) is 0 Å². The van der Waals surface area contributed by atoms with Crippen LogP contribution in [-0.4, -0.2) is 31.7 Å². The molecule has 1 N–H and O–H groups in total. The lowest BCUT2D eigenvalue weighted by Gasteiger charge is -2.14. The van der Waals surface area contributed by atoms with Gasteiger partial charge in [0.15, 0.2) is 18.1 Å². The van der Waals surface area contributed by atoms with Gasteiger partial charge in [0.2, 0.25) is 0 Å². The monoisotopic (exact) mass is 500 g/mol. The number of ether oxygens (including phenoxy) is 3. The Hall–Kier alpha value is -3.31. The minimum absolute atomic E-state index is 0.0699. The molecule has 0 unspecified atom stereocenters. The van der Waals surface area contributed by atoms with Gasteiger partial charge >= 0.3 is 5.97 Å². The number of carbonyl (C=O) groups is 2. The van der Waals surface area contributed by atoms with Crippen molar-refractivity contribution in [1.82, 2.24) is 0 Å². The smallest absolute Gasteiger partial charge is 0.344 e. The van der Waals surface area contributed by atoms with Crippen molar-refractivity contribution >= 4 is 39.6 Å². The molecule has 0 saturated carbocycles. The van der Waals surface area contributed by atoms with Crippen LogP contribution < -0.4 is 14.8 Å². The number of esters is 1. The fourth-order valence-corrected chi connectivity index (χ4v) is 3.44. The van der Waals surface area contributed by atoms with Crippen LogP contribution in [0.25, 0.3) is 6.08 Å². The molecule has 0 fully saturated rings. The first-order valence-electron chi connectivity index (χ1n) is 10.0. The summed E-state index contributed by atoms with van der Waals surface area (Å²) >= 11 is 3.41. The molecule has 0 aliphatic carbocycles. The first-order chi connectivity index (χ1) is 15.3. The third-order valence-electron chi connectivity index (χ3n) is 4.28. The molecule has 0 saturated heterocycles. The highest BCUT2D eigenvalue weighted by Crippen LogP contribution is 2.37. The molecule has 0 spiro atoms. The summed E-state index contributed by atoms with van der Waals surface area (Å²) in [6.07, 6.45) is 1.46. The van der Waals surface area contributed by atoms with Gasteiger partial charge in [0.05, 0.1) is 17.7 Å². The molecule has 0 aromatic heterocycles. The zero-order valence-electron chi connectivity index (χ0n) is 18.5. The predicted octanol–water partition coefficient (Wildman–Crippen LogP) is 4.95. The van der Waals surface area contributed by atoms with E-state index in [-0.39, 0.29) is 18.8 Å². The van der Waals surface area contributed by atoms with E-state index >= 15 is 0 Å². The molecule has 32 heavy (non-hydrogen) atoms. The SMILES string of the molecule is CCOC(=O)COc1c(Br)cc(/C=C(\C#N)C(=O)Nc2ccc(C)cc2C)cc1OCC. The molecule has 0 aliphatic rings. The Bertz CT molecular complexity index is 1070. The zero-order valence-corrected chi connectivity index (χ0v) is 20.0. The summed E-state index contributed by atoms with van der Waals surface area (Å²) in [6.45, 7) is 7.71. The molecule has 8 heteroatoms. The number of anilines is 1. The minimum Gasteiger partial charge on any atom is -0.490 e. The number of benzene rings is 2. The normalized spacial score (nSPS) is 10.8. The number of nitriles is 1. The van der Waals surface area contributed by atoms with E-state index in [0.29, 0.717) is 33.8 Å². The number of aryl methyl sites for hydroxylation is 2. The van der Waals surface area contributed by atoms with Crippen LogP contribution in [0.15, 0.2) is 40.4 Å². The Kier molecular flexibility index (Phi) is 9.29. The highest BCUT2D eigenvalue weighted by molar-refractivity contribution is 9.10. The summed E-state index contributed by atoms with van der Waals surface area (Å²) in [7, 11) is 0. The average Bonchev–Trinajstić information content (AvgIpc) is 2.73. The van der Waals surface area contributed by atoms with Gasteiger partial charge in [-0.3, -0.25) is 4.79 Å². The van der Waals surface area contributed by atoms with Crippen LogP contribution in [0.5, 0.6) is 11.5 Å². The molecule has 2 rings (SSSR count). The molecule has 0 atom stereocenters. The van der Waals surface area contributed by atoms with E-state index in [2.05, 4.69) is 21.2 Å². The van der Waals surface area contributed by atoms with E-state index in [0.717, 1.165) is 11.1 Å². The Morgan fingerprint density at radius 3 is 2.50 bits per heavy atom. The molecule has 0 heterocycles. The Balaban J connectivity index is 2.30. The number of halogens is 1. The van der Waals surface area contributed by atoms with Crippen molar-refractivity contribution in [3.8, 4) is 17.6 Å².